The summed E-state index contributed by atoms with van der Waals surface area (Å²) in [6.45, 7) is -1.33. The minimum Gasteiger partial charge on any atom is -0.756 e. The third-order valence-electron chi connectivity index (χ3n) is 0.690. The van der Waals surface area contributed by atoms with Crippen LogP contribution in [0.15, 0.2) is 0 Å². The topological polar surface area (TPSA) is 110 Å². The van der Waals surface area contributed by atoms with Crippen molar-refractivity contribution < 1.29 is 80.5 Å². The molecule has 0 radical (unpaired) electrons. The van der Waals surface area contributed by atoms with Crippen molar-refractivity contribution in [2.45, 2.75) is 6.10 Å². The molecule has 0 saturated heterocycles. The van der Waals surface area contributed by atoms with Crippen LogP contribution in [0.4, 0.5) is 0 Å². The summed E-state index contributed by atoms with van der Waals surface area (Å²) in [5.41, 5.74) is 0. The molecule has 0 aromatic rings. The van der Waals surface area contributed by atoms with Gasteiger partial charge in [0.1, 0.15) is 6.10 Å². The van der Waals surface area contributed by atoms with Crippen molar-refractivity contribution in [2.24, 2.45) is 0 Å². The smallest absolute Gasteiger partial charge is 0.756 e. The molecule has 0 fully saturated rings. The Morgan fingerprint density at radius 2 is 1.82 bits per heavy atom. The maximum Gasteiger partial charge on any atom is 1.00 e. The molecule has 0 bridgehead atoms. The van der Waals surface area contributed by atoms with Gasteiger partial charge in [0.15, 0.2) is 0 Å². The molecule has 0 rings (SSSR count). The van der Waals surface area contributed by atoms with Gasteiger partial charge in [-0.15, -0.1) is 0 Å². The van der Waals surface area contributed by atoms with Crippen molar-refractivity contribution in [3.8, 4) is 0 Å². The van der Waals surface area contributed by atoms with Crippen LogP contribution in [-0.4, -0.2) is 34.4 Å². The van der Waals surface area contributed by atoms with Gasteiger partial charge in [0, 0.05) is 0 Å². The molecule has 0 amide bonds. The minimum absolute atomic E-state index is 0. The molecule has 62 valence electrons. The van der Waals surface area contributed by atoms with Crippen LogP contribution in [0.1, 0.15) is 0 Å². The Morgan fingerprint density at radius 1 is 1.45 bits per heavy atom. The van der Waals surface area contributed by atoms with Crippen molar-refractivity contribution >= 4 is 7.82 Å². The number of phosphoric acid groups is 1. The Bertz CT molecular complexity index is 130. The van der Waals surface area contributed by atoms with Gasteiger partial charge in [0.2, 0.25) is 0 Å². The van der Waals surface area contributed by atoms with Crippen molar-refractivity contribution in [3.05, 3.63) is 0 Å². The number of hydrogen-bond acceptors (Lipinski definition) is 5. The second kappa shape index (κ2) is 7.11. The third kappa shape index (κ3) is 9.58. The van der Waals surface area contributed by atoms with E-state index in [0.29, 0.717) is 0 Å². The second-order valence-corrected chi connectivity index (χ2v) is 2.71. The van der Waals surface area contributed by atoms with Crippen LogP contribution in [0.3, 0.4) is 0 Å². The summed E-state index contributed by atoms with van der Waals surface area (Å²) < 4.78 is 13.7. The van der Waals surface area contributed by atoms with Gasteiger partial charge in [-0.2, -0.15) is 0 Å². The first-order valence-electron chi connectivity index (χ1n) is 2.43. The maximum absolute atomic E-state index is 9.90. The van der Waals surface area contributed by atoms with Gasteiger partial charge in [-0.05, 0) is 0 Å². The summed E-state index contributed by atoms with van der Waals surface area (Å²) >= 11 is 0. The standard InChI is InChI=1S/C3H9O6P.K/c4-1-3(2-5)9-10(6,7)8;/h3-5H,1-2H2,(H2,6,7,8);/q;+1/p-1. The van der Waals surface area contributed by atoms with E-state index in [2.05, 4.69) is 4.52 Å². The van der Waals surface area contributed by atoms with Crippen LogP contribution in [0.25, 0.3) is 0 Å². The van der Waals surface area contributed by atoms with E-state index < -0.39 is 27.1 Å². The van der Waals surface area contributed by atoms with E-state index in [1.54, 1.807) is 0 Å². The first-order chi connectivity index (χ1) is 4.49. The molecule has 8 heteroatoms. The van der Waals surface area contributed by atoms with E-state index in [-0.39, 0.29) is 51.4 Å². The number of hydrogen-bond donors (Lipinski definition) is 3. The fraction of sp³-hybridized carbons (Fsp3) is 1.00. The van der Waals surface area contributed by atoms with E-state index in [4.69, 9.17) is 15.1 Å². The van der Waals surface area contributed by atoms with Crippen LogP contribution >= 0.6 is 7.82 Å². The zero-order chi connectivity index (χ0) is 8.20. The van der Waals surface area contributed by atoms with Gasteiger partial charge in [-0.3, -0.25) is 4.57 Å². The Labute approximate surface area is 106 Å². The van der Waals surface area contributed by atoms with E-state index in [1.807, 2.05) is 0 Å². The second-order valence-electron chi connectivity index (χ2n) is 1.56. The molecule has 0 spiro atoms. The molecule has 6 nitrogen and oxygen atoms in total. The van der Waals surface area contributed by atoms with E-state index >= 15 is 0 Å². The molecule has 3 N–H and O–H groups in total. The van der Waals surface area contributed by atoms with Gasteiger partial charge in [0.05, 0.1) is 13.2 Å². The van der Waals surface area contributed by atoms with Crippen molar-refractivity contribution in [1.82, 2.24) is 0 Å². The van der Waals surface area contributed by atoms with E-state index in [0.717, 1.165) is 0 Å². The van der Waals surface area contributed by atoms with Crippen LogP contribution in [0, 0.1) is 0 Å². The Morgan fingerprint density at radius 3 is 1.91 bits per heavy atom. The largest absolute Gasteiger partial charge is 1.00 e. The van der Waals surface area contributed by atoms with Crippen molar-refractivity contribution in [1.29, 1.82) is 0 Å². The summed E-state index contributed by atoms with van der Waals surface area (Å²) in [5, 5.41) is 16.5. The van der Waals surface area contributed by atoms with Gasteiger partial charge in [-0.1, -0.05) is 0 Å². The first kappa shape index (κ1) is 15.2. The fourth-order valence-electron chi connectivity index (χ4n) is 0.313. The zero-order valence-corrected chi connectivity index (χ0v) is 10.0. The van der Waals surface area contributed by atoms with Gasteiger partial charge >= 0.3 is 51.4 Å². The molecule has 0 aliphatic carbocycles. The van der Waals surface area contributed by atoms with E-state index in [9.17, 15) is 9.46 Å². The minimum atomic E-state index is -4.82. The first-order valence-corrected chi connectivity index (χ1v) is 3.93. The average Bonchev–Trinajstić information content (AvgIpc) is 1.81. The Kier molecular flexibility index (Phi) is 9.79. The predicted molar refractivity (Wildman–Crippen MR) is 28.9 cm³/mol. The summed E-state index contributed by atoms with van der Waals surface area (Å²) in [5.74, 6) is 0. The average molecular weight is 210 g/mol. The normalized spacial score (nSPS) is 15.7. The van der Waals surface area contributed by atoms with Crippen LogP contribution in [0.2, 0.25) is 0 Å². The Hall–Kier alpha value is 1.67. The SMILES string of the molecule is O=P([O-])(O)OC(CO)CO.[K+]. The maximum atomic E-state index is 9.90. The summed E-state index contributed by atoms with van der Waals surface area (Å²) in [7, 11) is -4.82. The van der Waals surface area contributed by atoms with Crippen LogP contribution in [0.5, 0.6) is 0 Å². The molecule has 0 aliphatic heterocycles. The molecule has 11 heavy (non-hydrogen) atoms. The van der Waals surface area contributed by atoms with Gasteiger partial charge in [-0.25, -0.2) is 0 Å². The van der Waals surface area contributed by atoms with Gasteiger partial charge < -0.3 is 24.5 Å². The molecule has 0 heterocycles. The molecular formula is C3H8KO6P. The van der Waals surface area contributed by atoms with E-state index in [1.165, 1.54) is 0 Å². The molecule has 1 unspecified atom stereocenters. The van der Waals surface area contributed by atoms with Crippen molar-refractivity contribution in [3.63, 3.8) is 0 Å². The number of aliphatic hydroxyl groups is 2. The van der Waals surface area contributed by atoms with Gasteiger partial charge in [0.25, 0.3) is 7.82 Å². The summed E-state index contributed by atoms with van der Waals surface area (Å²) in [6.07, 6.45) is -1.27. The molecule has 0 saturated carbocycles. The molecule has 1 atom stereocenters. The quantitative estimate of drug-likeness (QED) is 0.316. The summed E-state index contributed by atoms with van der Waals surface area (Å²) in [4.78, 5) is 17.9. The van der Waals surface area contributed by atoms with Crippen LogP contribution < -0.4 is 56.3 Å². The molecule has 0 aromatic heterocycles. The molecule has 0 aromatic carbocycles. The third-order valence-corrected chi connectivity index (χ3v) is 1.25. The van der Waals surface area contributed by atoms with Crippen LogP contribution in [-0.2, 0) is 9.09 Å². The molecular weight excluding hydrogens is 202 g/mol. The predicted octanol–water partition coefficient (Wildman–Crippen LogP) is -5.18. The zero-order valence-electron chi connectivity index (χ0n) is 6.01. The summed E-state index contributed by atoms with van der Waals surface area (Å²) in [6, 6.07) is 0. The number of phosphoric ester groups is 1. The molecule has 0 aliphatic rings. The fourth-order valence-corrected chi connectivity index (χ4v) is 0.823. The monoisotopic (exact) mass is 210 g/mol. The number of rotatable bonds is 4. The number of aliphatic hydroxyl groups excluding tert-OH is 2. The Balaban J connectivity index is 0. The van der Waals surface area contributed by atoms with Crippen molar-refractivity contribution in [2.75, 3.05) is 13.2 Å².